The van der Waals surface area contributed by atoms with Crippen molar-refractivity contribution in [2.45, 2.75) is 52.5 Å². The molecular formula is C16H26FNO. The van der Waals surface area contributed by atoms with Gasteiger partial charge in [-0.15, -0.1) is 0 Å². The number of benzene rings is 1. The van der Waals surface area contributed by atoms with Crippen LogP contribution in [0.25, 0.3) is 0 Å². The van der Waals surface area contributed by atoms with Gasteiger partial charge in [0, 0.05) is 12.1 Å². The van der Waals surface area contributed by atoms with Crippen LogP contribution in [0.1, 0.15) is 45.1 Å². The molecule has 0 amide bonds. The lowest BCUT2D eigenvalue weighted by molar-refractivity contribution is 0.303. The molecule has 2 nitrogen and oxygen atoms in total. The summed E-state index contributed by atoms with van der Waals surface area (Å²) in [6.07, 6.45) is 4.61. The molecule has 1 rings (SSSR count). The molecule has 0 bridgehead atoms. The van der Waals surface area contributed by atoms with Crippen molar-refractivity contribution in [3.8, 4) is 5.75 Å². The minimum atomic E-state index is -0.197. The van der Waals surface area contributed by atoms with Crippen molar-refractivity contribution in [3.63, 3.8) is 0 Å². The predicted octanol–water partition coefficient (Wildman–Crippen LogP) is 4.07. The lowest BCUT2D eigenvalue weighted by atomic mass is 10.2. The normalized spacial score (nSPS) is 11.0. The van der Waals surface area contributed by atoms with Crippen LogP contribution in [0.2, 0.25) is 0 Å². The van der Waals surface area contributed by atoms with Crippen LogP contribution < -0.4 is 10.1 Å². The van der Waals surface area contributed by atoms with E-state index in [0.29, 0.717) is 24.0 Å². The van der Waals surface area contributed by atoms with E-state index in [1.165, 1.54) is 18.9 Å². The molecule has 108 valence electrons. The molecule has 0 radical (unpaired) electrons. The van der Waals surface area contributed by atoms with E-state index in [-0.39, 0.29) is 5.82 Å². The van der Waals surface area contributed by atoms with Crippen molar-refractivity contribution in [1.29, 1.82) is 0 Å². The molecule has 0 heterocycles. The van der Waals surface area contributed by atoms with E-state index in [4.69, 9.17) is 4.74 Å². The third-order valence-corrected chi connectivity index (χ3v) is 3.04. The Bertz CT molecular complexity index is 366. The minimum absolute atomic E-state index is 0.197. The van der Waals surface area contributed by atoms with Crippen LogP contribution in [0, 0.1) is 12.7 Å². The number of ether oxygens (including phenoxy) is 1. The molecule has 0 atom stereocenters. The fourth-order valence-electron chi connectivity index (χ4n) is 1.82. The molecule has 0 aliphatic carbocycles. The monoisotopic (exact) mass is 267 g/mol. The van der Waals surface area contributed by atoms with Crippen LogP contribution in [0.15, 0.2) is 18.2 Å². The van der Waals surface area contributed by atoms with E-state index in [1.54, 1.807) is 13.0 Å². The van der Waals surface area contributed by atoms with Gasteiger partial charge in [0.2, 0.25) is 0 Å². The summed E-state index contributed by atoms with van der Waals surface area (Å²) < 4.78 is 18.8. The van der Waals surface area contributed by atoms with Gasteiger partial charge in [-0.25, -0.2) is 4.39 Å². The van der Waals surface area contributed by atoms with Crippen molar-refractivity contribution in [2.24, 2.45) is 0 Å². The SMILES string of the molecule is Cc1ccc(OCCCCCCNC(C)C)cc1F. The first kappa shape index (κ1) is 16.0. The summed E-state index contributed by atoms with van der Waals surface area (Å²) >= 11 is 0. The van der Waals surface area contributed by atoms with Crippen LogP contribution in [-0.4, -0.2) is 19.2 Å². The van der Waals surface area contributed by atoms with Gasteiger partial charge in [-0.05, 0) is 37.9 Å². The lowest BCUT2D eigenvalue weighted by Crippen LogP contribution is -2.23. The van der Waals surface area contributed by atoms with Crippen LogP contribution in [0.5, 0.6) is 5.75 Å². The van der Waals surface area contributed by atoms with Crippen LogP contribution in [-0.2, 0) is 0 Å². The number of aryl methyl sites for hydroxylation is 1. The Balaban J connectivity index is 2.03. The molecule has 0 saturated carbocycles. The maximum Gasteiger partial charge on any atom is 0.129 e. The van der Waals surface area contributed by atoms with Gasteiger partial charge < -0.3 is 10.1 Å². The van der Waals surface area contributed by atoms with E-state index < -0.39 is 0 Å². The number of unbranched alkanes of at least 4 members (excludes halogenated alkanes) is 3. The smallest absolute Gasteiger partial charge is 0.129 e. The average Bonchev–Trinajstić information content (AvgIpc) is 2.36. The molecule has 0 fully saturated rings. The van der Waals surface area contributed by atoms with Gasteiger partial charge >= 0.3 is 0 Å². The fraction of sp³-hybridized carbons (Fsp3) is 0.625. The van der Waals surface area contributed by atoms with Gasteiger partial charge in [0.05, 0.1) is 6.61 Å². The summed E-state index contributed by atoms with van der Waals surface area (Å²) in [5, 5.41) is 3.40. The first-order valence-electron chi connectivity index (χ1n) is 7.22. The minimum Gasteiger partial charge on any atom is -0.493 e. The van der Waals surface area contributed by atoms with Crippen molar-refractivity contribution in [1.82, 2.24) is 5.32 Å². The van der Waals surface area contributed by atoms with Crippen LogP contribution in [0.4, 0.5) is 4.39 Å². The van der Waals surface area contributed by atoms with Gasteiger partial charge in [0.1, 0.15) is 11.6 Å². The molecular weight excluding hydrogens is 241 g/mol. The third-order valence-electron chi connectivity index (χ3n) is 3.04. The Labute approximate surface area is 116 Å². The topological polar surface area (TPSA) is 21.3 Å². The molecule has 0 aliphatic heterocycles. The third kappa shape index (κ3) is 7.16. The van der Waals surface area contributed by atoms with Crippen molar-refractivity contribution in [3.05, 3.63) is 29.6 Å². The van der Waals surface area contributed by atoms with Crippen LogP contribution in [0.3, 0.4) is 0 Å². The first-order chi connectivity index (χ1) is 9.09. The standard InChI is InChI=1S/C16H26FNO/c1-13(2)18-10-6-4-5-7-11-19-15-9-8-14(3)16(17)12-15/h8-9,12-13,18H,4-7,10-11H2,1-3H3. The first-order valence-corrected chi connectivity index (χ1v) is 7.22. The van der Waals surface area contributed by atoms with E-state index >= 15 is 0 Å². The van der Waals surface area contributed by atoms with Crippen LogP contribution >= 0.6 is 0 Å². The quantitative estimate of drug-likeness (QED) is 0.681. The molecule has 0 aliphatic rings. The van der Waals surface area contributed by atoms with Crippen molar-refractivity contribution in [2.75, 3.05) is 13.2 Å². The van der Waals surface area contributed by atoms with Gasteiger partial charge in [-0.2, -0.15) is 0 Å². The number of hydrogen-bond donors (Lipinski definition) is 1. The molecule has 3 heteroatoms. The molecule has 0 saturated heterocycles. The molecule has 0 aromatic heterocycles. The predicted molar refractivity (Wildman–Crippen MR) is 78.2 cm³/mol. The Hall–Kier alpha value is -1.09. The van der Waals surface area contributed by atoms with Gasteiger partial charge in [0.25, 0.3) is 0 Å². The number of halogens is 1. The highest BCUT2D eigenvalue weighted by Gasteiger charge is 2.00. The Morgan fingerprint density at radius 3 is 2.58 bits per heavy atom. The van der Waals surface area contributed by atoms with Crippen molar-refractivity contribution < 1.29 is 9.13 Å². The molecule has 0 unspecified atom stereocenters. The summed E-state index contributed by atoms with van der Waals surface area (Å²) in [5.74, 6) is 0.432. The second kappa shape index (κ2) is 8.92. The Morgan fingerprint density at radius 2 is 1.89 bits per heavy atom. The summed E-state index contributed by atoms with van der Waals surface area (Å²) in [6.45, 7) is 7.83. The largest absolute Gasteiger partial charge is 0.493 e. The molecule has 0 spiro atoms. The molecule has 1 N–H and O–H groups in total. The second-order valence-electron chi connectivity index (χ2n) is 5.28. The average molecular weight is 267 g/mol. The number of hydrogen-bond acceptors (Lipinski definition) is 2. The number of nitrogens with one attached hydrogen (secondary N) is 1. The highest BCUT2D eigenvalue weighted by molar-refractivity contribution is 5.27. The number of rotatable bonds is 9. The van der Waals surface area contributed by atoms with Crippen molar-refractivity contribution >= 4 is 0 Å². The van der Waals surface area contributed by atoms with E-state index in [9.17, 15) is 4.39 Å². The van der Waals surface area contributed by atoms with E-state index in [1.807, 2.05) is 6.07 Å². The summed E-state index contributed by atoms with van der Waals surface area (Å²) in [6, 6.07) is 5.61. The Kier molecular flexibility index (Phi) is 7.49. The van der Waals surface area contributed by atoms with E-state index in [0.717, 1.165) is 19.4 Å². The summed E-state index contributed by atoms with van der Waals surface area (Å²) in [5.41, 5.74) is 0.657. The molecule has 1 aromatic carbocycles. The Morgan fingerprint density at radius 1 is 1.16 bits per heavy atom. The lowest BCUT2D eigenvalue weighted by Gasteiger charge is -2.08. The second-order valence-corrected chi connectivity index (χ2v) is 5.28. The highest BCUT2D eigenvalue weighted by Crippen LogP contribution is 2.16. The molecule has 1 aromatic rings. The van der Waals surface area contributed by atoms with Gasteiger partial charge in [0.15, 0.2) is 0 Å². The molecule has 19 heavy (non-hydrogen) atoms. The summed E-state index contributed by atoms with van der Waals surface area (Å²) in [4.78, 5) is 0. The highest BCUT2D eigenvalue weighted by atomic mass is 19.1. The fourth-order valence-corrected chi connectivity index (χ4v) is 1.82. The zero-order valence-corrected chi connectivity index (χ0v) is 12.3. The maximum absolute atomic E-state index is 13.3. The van der Waals surface area contributed by atoms with Gasteiger partial charge in [-0.1, -0.05) is 32.8 Å². The summed E-state index contributed by atoms with van der Waals surface area (Å²) in [7, 11) is 0. The maximum atomic E-state index is 13.3. The van der Waals surface area contributed by atoms with E-state index in [2.05, 4.69) is 19.2 Å². The zero-order valence-electron chi connectivity index (χ0n) is 12.3. The van der Waals surface area contributed by atoms with Gasteiger partial charge in [-0.3, -0.25) is 0 Å². The zero-order chi connectivity index (χ0) is 14.1.